The summed E-state index contributed by atoms with van der Waals surface area (Å²) in [4.78, 5) is 24.7. The third-order valence-corrected chi connectivity index (χ3v) is 4.48. The number of halogens is 3. The zero-order valence-electron chi connectivity index (χ0n) is 14.9. The van der Waals surface area contributed by atoms with Crippen LogP contribution in [0, 0.1) is 0 Å². The third kappa shape index (κ3) is 3.57. The molecule has 7 nitrogen and oxygen atoms in total. The van der Waals surface area contributed by atoms with Crippen LogP contribution >= 0.6 is 0 Å². The van der Waals surface area contributed by atoms with Gasteiger partial charge in [0, 0.05) is 31.0 Å². The highest BCUT2D eigenvalue weighted by Gasteiger charge is 2.27. The smallest absolute Gasteiger partial charge is 0.360 e. The maximum atomic E-state index is 12.6. The van der Waals surface area contributed by atoms with Gasteiger partial charge in [-0.05, 0) is 36.2 Å². The Morgan fingerprint density at radius 1 is 1.29 bits per heavy atom. The number of anilines is 4. The number of H-pyrrole nitrogens is 1. The predicted octanol–water partition coefficient (Wildman–Crippen LogP) is 3.58. The van der Waals surface area contributed by atoms with Crippen molar-refractivity contribution in [1.29, 1.82) is 0 Å². The first-order chi connectivity index (χ1) is 13.3. The van der Waals surface area contributed by atoms with Crippen molar-refractivity contribution in [3.63, 3.8) is 0 Å². The lowest BCUT2D eigenvalue weighted by Crippen LogP contribution is -2.25. The third-order valence-electron chi connectivity index (χ3n) is 4.48. The first kappa shape index (κ1) is 18.1. The molecule has 3 aromatic rings. The first-order valence-corrected chi connectivity index (χ1v) is 8.64. The highest BCUT2D eigenvalue weighted by molar-refractivity contribution is 5.94. The van der Waals surface area contributed by atoms with Gasteiger partial charge in [-0.2, -0.15) is 23.1 Å². The normalized spacial score (nSPS) is 13.6. The van der Waals surface area contributed by atoms with Gasteiger partial charge in [-0.1, -0.05) is 0 Å². The van der Waals surface area contributed by atoms with Crippen LogP contribution in [0.15, 0.2) is 30.5 Å². The van der Waals surface area contributed by atoms with Gasteiger partial charge in [-0.25, -0.2) is 0 Å². The molecule has 0 spiro atoms. The molecule has 1 aromatic carbocycles. The number of hydrogen-bond donors (Lipinski definition) is 3. The van der Waals surface area contributed by atoms with Crippen molar-refractivity contribution in [1.82, 2.24) is 15.0 Å². The molecule has 0 bridgehead atoms. The molecule has 0 fully saturated rings. The van der Waals surface area contributed by atoms with Crippen molar-refractivity contribution in [2.45, 2.75) is 19.5 Å². The molecule has 1 aliphatic rings. The summed E-state index contributed by atoms with van der Waals surface area (Å²) in [5.41, 5.74) is 2.99. The molecular weight excluding hydrogens is 373 g/mol. The van der Waals surface area contributed by atoms with Gasteiger partial charge in [-0.3, -0.25) is 4.79 Å². The van der Waals surface area contributed by atoms with E-state index in [0.717, 1.165) is 17.7 Å². The van der Waals surface area contributed by atoms with Crippen LogP contribution < -0.4 is 15.5 Å². The van der Waals surface area contributed by atoms with E-state index in [2.05, 4.69) is 25.6 Å². The molecule has 10 heteroatoms. The Hall–Kier alpha value is -3.30. The second-order valence-electron chi connectivity index (χ2n) is 6.49. The van der Waals surface area contributed by atoms with Crippen molar-refractivity contribution >= 4 is 40.1 Å². The maximum Gasteiger partial charge on any atom is 0.405 e. The molecule has 0 saturated heterocycles. The number of aromatic nitrogens is 3. The van der Waals surface area contributed by atoms with E-state index in [1.807, 2.05) is 12.1 Å². The van der Waals surface area contributed by atoms with E-state index in [-0.39, 0.29) is 17.7 Å². The molecule has 3 heterocycles. The second kappa shape index (κ2) is 6.70. The Balaban J connectivity index is 1.61. The zero-order valence-corrected chi connectivity index (χ0v) is 14.9. The van der Waals surface area contributed by atoms with E-state index in [9.17, 15) is 18.0 Å². The van der Waals surface area contributed by atoms with Crippen LogP contribution in [0.3, 0.4) is 0 Å². The summed E-state index contributed by atoms with van der Waals surface area (Å²) in [5, 5.41) is 5.82. The van der Waals surface area contributed by atoms with Gasteiger partial charge in [-0.15, -0.1) is 0 Å². The van der Waals surface area contributed by atoms with Crippen molar-refractivity contribution in [3.05, 3.63) is 36.0 Å². The maximum absolute atomic E-state index is 12.6. The number of amides is 1. The Morgan fingerprint density at radius 2 is 2.11 bits per heavy atom. The summed E-state index contributed by atoms with van der Waals surface area (Å²) < 4.78 is 37.7. The van der Waals surface area contributed by atoms with E-state index in [4.69, 9.17) is 0 Å². The van der Waals surface area contributed by atoms with E-state index in [1.54, 1.807) is 23.2 Å². The molecule has 0 atom stereocenters. The number of carbonyl (C=O) groups excluding carboxylic acids is 1. The molecule has 146 valence electrons. The van der Waals surface area contributed by atoms with Crippen molar-refractivity contribution in [3.8, 4) is 0 Å². The van der Waals surface area contributed by atoms with Crippen LogP contribution in [-0.2, 0) is 11.2 Å². The molecule has 28 heavy (non-hydrogen) atoms. The molecule has 4 rings (SSSR count). The Labute approximate surface area is 158 Å². The van der Waals surface area contributed by atoms with Gasteiger partial charge in [0.1, 0.15) is 18.0 Å². The number of benzene rings is 1. The van der Waals surface area contributed by atoms with Gasteiger partial charge >= 0.3 is 6.18 Å². The average molecular weight is 390 g/mol. The number of fused-ring (bicyclic) bond motifs is 2. The van der Waals surface area contributed by atoms with Crippen LogP contribution in [0.5, 0.6) is 0 Å². The number of hydrogen-bond acceptors (Lipinski definition) is 5. The van der Waals surface area contributed by atoms with Crippen LogP contribution in [0.2, 0.25) is 0 Å². The number of alkyl halides is 3. The minimum atomic E-state index is -4.36. The SMILES string of the molecule is CC(=O)N1CCc2cc(Nc3nc(NCC(F)(F)F)c4cc[nH]c4n3)ccc21. The Bertz CT molecular complexity index is 1050. The lowest BCUT2D eigenvalue weighted by atomic mass is 10.1. The van der Waals surface area contributed by atoms with Crippen LogP contribution in [0.25, 0.3) is 11.0 Å². The lowest BCUT2D eigenvalue weighted by molar-refractivity contribution is -0.116. The summed E-state index contributed by atoms with van der Waals surface area (Å²) in [6.45, 7) is 0.962. The molecule has 2 aromatic heterocycles. The van der Waals surface area contributed by atoms with Gasteiger partial charge in [0.2, 0.25) is 11.9 Å². The van der Waals surface area contributed by atoms with Crippen LogP contribution in [-0.4, -0.2) is 40.1 Å². The molecule has 0 aliphatic carbocycles. The Kier molecular flexibility index (Phi) is 4.33. The van der Waals surface area contributed by atoms with E-state index < -0.39 is 12.7 Å². The lowest BCUT2D eigenvalue weighted by Gasteiger charge is -2.15. The summed E-state index contributed by atoms with van der Waals surface area (Å²) >= 11 is 0. The average Bonchev–Trinajstić information content (AvgIpc) is 3.25. The fraction of sp³-hybridized carbons (Fsp3) is 0.278. The highest BCUT2D eigenvalue weighted by Crippen LogP contribution is 2.32. The molecule has 0 unspecified atom stereocenters. The minimum absolute atomic E-state index is 0.0135. The van der Waals surface area contributed by atoms with Crippen LogP contribution in [0.4, 0.5) is 36.3 Å². The largest absolute Gasteiger partial charge is 0.405 e. The van der Waals surface area contributed by atoms with Crippen molar-refractivity contribution in [2.24, 2.45) is 0 Å². The highest BCUT2D eigenvalue weighted by atomic mass is 19.4. The zero-order chi connectivity index (χ0) is 19.9. The molecular formula is C18H17F3N6O. The quantitative estimate of drug-likeness (QED) is 0.634. The monoisotopic (exact) mass is 390 g/mol. The van der Waals surface area contributed by atoms with Gasteiger partial charge < -0.3 is 20.5 Å². The topological polar surface area (TPSA) is 85.9 Å². The van der Waals surface area contributed by atoms with Crippen LogP contribution in [0.1, 0.15) is 12.5 Å². The number of nitrogens with one attached hydrogen (secondary N) is 3. The number of aromatic amines is 1. The predicted molar refractivity (Wildman–Crippen MR) is 99.9 cm³/mol. The standard InChI is InChI=1S/C18H17F3N6O/c1-10(28)27-7-5-11-8-12(2-3-14(11)27)24-17-25-15-13(4-6-22-15)16(26-17)23-9-18(19,20)21/h2-4,6,8H,5,7,9H2,1H3,(H3,22,23,24,25,26). The van der Waals surface area contributed by atoms with Crippen molar-refractivity contribution < 1.29 is 18.0 Å². The molecule has 1 amide bonds. The summed E-state index contributed by atoms with van der Waals surface area (Å²) in [6, 6.07) is 7.13. The number of carbonyl (C=O) groups is 1. The van der Waals surface area contributed by atoms with Gasteiger partial charge in [0.15, 0.2) is 0 Å². The Morgan fingerprint density at radius 3 is 2.86 bits per heavy atom. The van der Waals surface area contributed by atoms with E-state index in [0.29, 0.717) is 23.3 Å². The number of nitrogens with zero attached hydrogens (tertiary/aromatic N) is 3. The summed E-state index contributed by atoms with van der Waals surface area (Å²) in [6.07, 6.45) is -2.03. The summed E-state index contributed by atoms with van der Waals surface area (Å²) in [5.74, 6) is 0.247. The second-order valence-corrected chi connectivity index (χ2v) is 6.49. The fourth-order valence-corrected chi connectivity index (χ4v) is 3.25. The van der Waals surface area contributed by atoms with Crippen molar-refractivity contribution in [2.75, 3.05) is 28.6 Å². The molecule has 3 N–H and O–H groups in total. The fourth-order valence-electron chi connectivity index (χ4n) is 3.25. The van der Waals surface area contributed by atoms with E-state index >= 15 is 0 Å². The molecule has 0 saturated carbocycles. The number of rotatable bonds is 4. The van der Waals surface area contributed by atoms with Gasteiger partial charge in [0.05, 0.1) is 5.39 Å². The van der Waals surface area contributed by atoms with Gasteiger partial charge in [0.25, 0.3) is 0 Å². The minimum Gasteiger partial charge on any atom is -0.360 e. The first-order valence-electron chi connectivity index (χ1n) is 8.64. The molecule has 0 radical (unpaired) electrons. The molecule has 1 aliphatic heterocycles. The summed E-state index contributed by atoms with van der Waals surface area (Å²) in [7, 11) is 0. The van der Waals surface area contributed by atoms with E-state index in [1.165, 1.54) is 6.92 Å².